The summed E-state index contributed by atoms with van der Waals surface area (Å²) in [6.07, 6.45) is 6.81. The van der Waals surface area contributed by atoms with Gasteiger partial charge in [0.15, 0.2) is 0 Å². The Labute approximate surface area is 161 Å². The zero-order valence-corrected chi connectivity index (χ0v) is 16.7. The van der Waals surface area contributed by atoms with Crippen molar-refractivity contribution in [2.75, 3.05) is 18.8 Å². The first-order chi connectivity index (χ1) is 12.5. The van der Waals surface area contributed by atoms with E-state index in [0.717, 1.165) is 11.3 Å². The lowest BCUT2D eigenvalue weighted by Gasteiger charge is -2.25. The first kappa shape index (κ1) is 22.0. The van der Waals surface area contributed by atoms with Crippen LogP contribution in [0, 0.1) is 0 Å². The molecule has 0 aromatic heterocycles. The highest BCUT2D eigenvalue weighted by Gasteiger charge is 2.24. The van der Waals surface area contributed by atoms with E-state index in [-0.39, 0.29) is 11.8 Å². The van der Waals surface area contributed by atoms with E-state index in [2.05, 4.69) is 49.7 Å². The first-order valence-corrected chi connectivity index (χ1v) is 9.99. The number of carbonyl (C=O) groups is 2. The maximum Gasteiger partial charge on any atom is 0.246 e. The Morgan fingerprint density at radius 3 is 2.31 bits per heavy atom. The van der Waals surface area contributed by atoms with E-state index < -0.39 is 6.04 Å². The molecule has 142 valence electrons. The highest BCUT2D eigenvalue weighted by molar-refractivity contribution is 7.99. The molecule has 4 nitrogen and oxygen atoms in total. The molecule has 0 saturated carbocycles. The summed E-state index contributed by atoms with van der Waals surface area (Å²) >= 11 is 1.57. The van der Waals surface area contributed by atoms with Crippen LogP contribution in [0.4, 0.5) is 0 Å². The molecule has 2 amide bonds. The predicted molar refractivity (Wildman–Crippen MR) is 110 cm³/mol. The quantitative estimate of drug-likeness (QED) is 0.447. The highest BCUT2D eigenvalue weighted by Crippen LogP contribution is 2.20. The van der Waals surface area contributed by atoms with E-state index in [9.17, 15) is 9.59 Å². The lowest BCUT2D eigenvalue weighted by atomic mass is 10.1. The summed E-state index contributed by atoms with van der Waals surface area (Å²) in [7, 11) is 0. The van der Waals surface area contributed by atoms with E-state index in [1.165, 1.54) is 25.3 Å². The maximum absolute atomic E-state index is 12.8. The lowest BCUT2D eigenvalue weighted by Crippen LogP contribution is -2.49. The van der Waals surface area contributed by atoms with Gasteiger partial charge in [0.25, 0.3) is 0 Å². The van der Waals surface area contributed by atoms with Gasteiger partial charge in [-0.1, -0.05) is 37.6 Å². The second kappa shape index (κ2) is 12.4. The number of carbonyl (C=O) groups excluding carboxylic acids is 2. The minimum Gasteiger partial charge on any atom is -0.344 e. The summed E-state index contributed by atoms with van der Waals surface area (Å²) in [6.45, 7) is 11.8. The molecule has 0 bridgehead atoms. The van der Waals surface area contributed by atoms with Gasteiger partial charge in [-0.05, 0) is 30.5 Å². The van der Waals surface area contributed by atoms with Crippen LogP contribution in [0.5, 0.6) is 0 Å². The molecule has 0 saturated heterocycles. The molecule has 0 aliphatic rings. The number of hydrogen-bond acceptors (Lipinski definition) is 3. The van der Waals surface area contributed by atoms with Crippen LogP contribution in [-0.4, -0.2) is 41.6 Å². The number of amides is 2. The van der Waals surface area contributed by atoms with Crippen LogP contribution in [-0.2, 0) is 16.0 Å². The number of rotatable bonds is 12. The molecule has 0 aliphatic carbocycles. The van der Waals surface area contributed by atoms with Gasteiger partial charge < -0.3 is 10.2 Å². The third kappa shape index (κ3) is 7.91. The van der Waals surface area contributed by atoms with E-state index in [1.54, 1.807) is 28.8 Å². The minimum atomic E-state index is -0.572. The average molecular weight is 375 g/mol. The summed E-state index contributed by atoms with van der Waals surface area (Å²) in [6, 6.07) is 7.85. The molecule has 26 heavy (non-hydrogen) atoms. The van der Waals surface area contributed by atoms with Gasteiger partial charge in [-0.3, -0.25) is 9.59 Å². The van der Waals surface area contributed by atoms with Crippen molar-refractivity contribution in [3.63, 3.8) is 0 Å². The number of unbranched alkanes of at least 4 members (excludes halogenated alkanes) is 1. The normalized spacial score (nSPS) is 11.5. The molecular formula is C21H30N2O2S. The van der Waals surface area contributed by atoms with Crippen molar-refractivity contribution in [2.24, 2.45) is 0 Å². The Hall–Kier alpha value is -2.01. The van der Waals surface area contributed by atoms with Gasteiger partial charge in [-0.25, -0.2) is 0 Å². The fraction of sp³-hybridized carbons (Fsp3) is 0.429. The SMILES string of the molecule is C=CCN(CC=C)C(=O)C(CSc1ccc(CCCC)cc1)NC(C)=O. The van der Waals surface area contributed by atoms with Gasteiger partial charge in [0, 0.05) is 30.7 Å². The van der Waals surface area contributed by atoms with Gasteiger partial charge >= 0.3 is 0 Å². The molecular weight excluding hydrogens is 344 g/mol. The Bertz CT molecular complexity index is 589. The van der Waals surface area contributed by atoms with E-state index in [4.69, 9.17) is 0 Å². The van der Waals surface area contributed by atoms with Gasteiger partial charge in [0.05, 0.1) is 0 Å². The molecule has 1 N–H and O–H groups in total. The van der Waals surface area contributed by atoms with Crippen LogP contribution in [0.15, 0.2) is 54.5 Å². The molecule has 1 aromatic rings. The lowest BCUT2D eigenvalue weighted by molar-refractivity contribution is -0.134. The zero-order valence-electron chi connectivity index (χ0n) is 15.9. The highest BCUT2D eigenvalue weighted by atomic mass is 32.2. The van der Waals surface area contributed by atoms with Gasteiger partial charge in [-0.15, -0.1) is 24.9 Å². The molecule has 0 spiro atoms. The summed E-state index contributed by atoms with van der Waals surface area (Å²) in [5.74, 6) is 0.153. The van der Waals surface area contributed by atoms with Crippen LogP contribution in [0.2, 0.25) is 0 Å². The third-order valence-corrected chi connectivity index (χ3v) is 4.95. The molecule has 0 radical (unpaired) electrons. The molecule has 5 heteroatoms. The van der Waals surface area contributed by atoms with Crippen molar-refractivity contribution in [1.82, 2.24) is 10.2 Å². The predicted octanol–water partition coefficient (Wildman–Crippen LogP) is 3.83. The second-order valence-corrected chi connectivity index (χ2v) is 7.23. The summed E-state index contributed by atoms with van der Waals surface area (Å²) < 4.78 is 0. The van der Waals surface area contributed by atoms with E-state index in [1.807, 2.05) is 0 Å². The van der Waals surface area contributed by atoms with Gasteiger partial charge in [-0.2, -0.15) is 0 Å². The molecule has 1 rings (SSSR count). The standard InChI is InChI=1S/C21H30N2O2S/c1-5-8-9-18-10-12-19(13-11-18)26-16-20(22-17(4)24)21(25)23(14-6-2)15-7-3/h6-7,10-13,20H,2-3,5,8-9,14-16H2,1,4H3,(H,22,24). The molecule has 1 atom stereocenters. The number of hydrogen-bond donors (Lipinski definition) is 1. The molecule has 0 heterocycles. The molecule has 1 unspecified atom stereocenters. The number of nitrogens with one attached hydrogen (secondary N) is 1. The molecule has 0 aliphatic heterocycles. The Balaban J connectivity index is 2.74. The largest absolute Gasteiger partial charge is 0.344 e. The maximum atomic E-state index is 12.8. The fourth-order valence-corrected chi connectivity index (χ4v) is 3.43. The summed E-state index contributed by atoms with van der Waals surface area (Å²) in [5.41, 5.74) is 1.33. The van der Waals surface area contributed by atoms with Crippen LogP contribution < -0.4 is 5.32 Å². The zero-order chi connectivity index (χ0) is 19.4. The number of benzene rings is 1. The monoisotopic (exact) mass is 374 g/mol. The minimum absolute atomic E-state index is 0.118. The molecule has 1 aromatic carbocycles. The third-order valence-electron chi connectivity index (χ3n) is 3.85. The second-order valence-electron chi connectivity index (χ2n) is 6.13. The number of aryl methyl sites for hydroxylation is 1. The van der Waals surface area contributed by atoms with Crippen LogP contribution >= 0.6 is 11.8 Å². The number of thioether (sulfide) groups is 1. The summed E-state index contributed by atoms with van der Waals surface area (Å²) in [4.78, 5) is 27.0. The summed E-state index contributed by atoms with van der Waals surface area (Å²) in [5, 5.41) is 2.77. The number of nitrogens with zero attached hydrogens (tertiary/aromatic N) is 1. The fourth-order valence-electron chi connectivity index (χ4n) is 2.52. The van der Waals surface area contributed by atoms with E-state index >= 15 is 0 Å². The van der Waals surface area contributed by atoms with Crippen LogP contribution in [0.1, 0.15) is 32.3 Å². The van der Waals surface area contributed by atoms with E-state index in [0.29, 0.717) is 18.8 Å². The Morgan fingerprint density at radius 1 is 1.19 bits per heavy atom. The van der Waals surface area contributed by atoms with Gasteiger partial charge in [0.2, 0.25) is 11.8 Å². The van der Waals surface area contributed by atoms with Crippen molar-refractivity contribution < 1.29 is 9.59 Å². The Kier molecular flexibility index (Phi) is 10.5. The van der Waals surface area contributed by atoms with Crippen molar-refractivity contribution >= 4 is 23.6 Å². The van der Waals surface area contributed by atoms with Crippen molar-refractivity contribution in [1.29, 1.82) is 0 Å². The van der Waals surface area contributed by atoms with Crippen LogP contribution in [0.3, 0.4) is 0 Å². The molecule has 0 fully saturated rings. The van der Waals surface area contributed by atoms with Gasteiger partial charge in [0.1, 0.15) is 6.04 Å². The smallest absolute Gasteiger partial charge is 0.246 e. The van der Waals surface area contributed by atoms with Crippen molar-refractivity contribution in [2.45, 2.75) is 44.0 Å². The Morgan fingerprint density at radius 2 is 1.81 bits per heavy atom. The van der Waals surface area contributed by atoms with Crippen molar-refractivity contribution in [3.8, 4) is 0 Å². The topological polar surface area (TPSA) is 49.4 Å². The van der Waals surface area contributed by atoms with Crippen molar-refractivity contribution in [3.05, 3.63) is 55.1 Å². The van der Waals surface area contributed by atoms with Crippen LogP contribution in [0.25, 0.3) is 0 Å². The average Bonchev–Trinajstić information content (AvgIpc) is 2.63. The first-order valence-electron chi connectivity index (χ1n) is 9.01.